The predicted octanol–water partition coefficient (Wildman–Crippen LogP) is 1.12. The molecule has 0 radical (unpaired) electrons. The average molecular weight is 244 g/mol. The summed E-state index contributed by atoms with van der Waals surface area (Å²) in [7, 11) is -2.40. The first-order valence-corrected chi connectivity index (χ1v) is 5.97. The second-order valence-corrected chi connectivity index (χ2v) is 5.14. The summed E-state index contributed by atoms with van der Waals surface area (Å²) in [4.78, 5) is 10.1. The van der Waals surface area contributed by atoms with E-state index in [2.05, 4.69) is 4.72 Å². The van der Waals surface area contributed by atoms with Crippen molar-refractivity contribution in [3.63, 3.8) is 0 Å². The molecule has 1 aromatic rings. The number of rotatable bonds is 3. The highest BCUT2D eigenvalue weighted by Gasteiger charge is 2.23. The average Bonchev–Trinajstić information content (AvgIpc) is 2.16. The fraction of sp³-hybridized carbons (Fsp3) is 0.333. The number of sulfonamides is 1. The Morgan fingerprint density at radius 1 is 1.31 bits per heavy atom. The summed E-state index contributed by atoms with van der Waals surface area (Å²) in [6.45, 7) is 3.02. The van der Waals surface area contributed by atoms with Gasteiger partial charge in [-0.2, -0.15) is 0 Å². The van der Waals surface area contributed by atoms with Crippen molar-refractivity contribution in [2.75, 3.05) is 7.05 Å². The molecule has 0 fully saturated rings. The first-order valence-electron chi connectivity index (χ1n) is 4.49. The van der Waals surface area contributed by atoms with Gasteiger partial charge in [-0.25, -0.2) is 13.1 Å². The molecule has 0 heterocycles. The SMILES string of the molecule is CNS(=O)(=O)c1c(C)ccc([N+](=O)[O-])c1C. The molecule has 6 nitrogen and oxygen atoms in total. The van der Waals surface area contributed by atoms with Crippen LogP contribution in [0.25, 0.3) is 0 Å². The van der Waals surface area contributed by atoms with E-state index in [4.69, 9.17) is 0 Å². The number of benzene rings is 1. The lowest BCUT2D eigenvalue weighted by atomic mass is 10.1. The minimum Gasteiger partial charge on any atom is -0.258 e. The highest BCUT2D eigenvalue weighted by molar-refractivity contribution is 7.89. The Bertz CT molecular complexity index is 537. The number of hydrogen-bond acceptors (Lipinski definition) is 4. The molecule has 0 unspecified atom stereocenters. The van der Waals surface area contributed by atoms with Crippen molar-refractivity contribution in [2.24, 2.45) is 0 Å². The van der Waals surface area contributed by atoms with Gasteiger partial charge in [-0.1, -0.05) is 6.07 Å². The van der Waals surface area contributed by atoms with Gasteiger partial charge >= 0.3 is 0 Å². The molecule has 0 amide bonds. The Labute approximate surface area is 93.5 Å². The molecule has 16 heavy (non-hydrogen) atoms. The van der Waals surface area contributed by atoms with Crippen molar-refractivity contribution in [1.29, 1.82) is 0 Å². The maximum absolute atomic E-state index is 11.7. The molecule has 0 saturated heterocycles. The summed E-state index contributed by atoms with van der Waals surface area (Å²) in [5.74, 6) is 0. The van der Waals surface area contributed by atoms with Crippen LogP contribution in [0.1, 0.15) is 11.1 Å². The maximum Gasteiger partial charge on any atom is 0.273 e. The van der Waals surface area contributed by atoms with E-state index in [-0.39, 0.29) is 16.1 Å². The standard InChI is InChI=1S/C9H12N2O4S/c1-6-4-5-8(11(12)13)7(2)9(6)16(14,15)10-3/h4-5,10H,1-3H3. The molecular weight excluding hydrogens is 232 g/mol. The van der Waals surface area contributed by atoms with Gasteiger partial charge in [-0.05, 0) is 26.5 Å². The number of aryl methyl sites for hydroxylation is 1. The molecule has 0 aliphatic rings. The molecule has 0 atom stereocenters. The number of nitrogens with zero attached hydrogens (tertiary/aromatic N) is 1. The summed E-state index contributed by atoms with van der Waals surface area (Å²) in [5, 5.41) is 10.7. The molecule has 7 heteroatoms. The Kier molecular flexibility index (Phi) is 3.30. The van der Waals surface area contributed by atoms with E-state index >= 15 is 0 Å². The third-order valence-corrected chi connectivity index (χ3v) is 4.01. The van der Waals surface area contributed by atoms with Gasteiger partial charge in [0.05, 0.1) is 9.82 Å². The van der Waals surface area contributed by atoms with Gasteiger partial charge < -0.3 is 0 Å². The van der Waals surface area contributed by atoms with Crippen LogP contribution in [0.15, 0.2) is 17.0 Å². The second-order valence-electron chi connectivity index (χ2n) is 3.32. The quantitative estimate of drug-likeness (QED) is 0.637. The fourth-order valence-corrected chi connectivity index (χ4v) is 2.73. The van der Waals surface area contributed by atoms with E-state index < -0.39 is 14.9 Å². The van der Waals surface area contributed by atoms with Gasteiger partial charge in [0, 0.05) is 11.6 Å². The zero-order chi connectivity index (χ0) is 12.5. The van der Waals surface area contributed by atoms with Crippen LogP contribution in [-0.4, -0.2) is 20.4 Å². The van der Waals surface area contributed by atoms with Gasteiger partial charge in [0.15, 0.2) is 0 Å². The summed E-state index contributed by atoms with van der Waals surface area (Å²) in [5.41, 5.74) is 0.441. The largest absolute Gasteiger partial charge is 0.273 e. The van der Waals surface area contributed by atoms with Crippen molar-refractivity contribution in [3.05, 3.63) is 33.4 Å². The predicted molar refractivity (Wildman–Crippen MR) is 58.8 cm³/mol. The van der Waals surface area contributed by atoms with Gasteiger partial charge in [0.25, 0.3) is 5.69 Å². The van der Waals surface area contributed by atoms with Crippen LogP contribution in [0, 0.1) is 24.0 Å². The molecular formula is C9H12N2O4S. The van der Waals surface area contributed by atoms with Crippen LogP contribution in [0.3, 0.4) is 0 Å². The van der Waals surface area contributed by atoms with Crippen molar-refractivity contribution in [1.82, 2.24) is 4.72 Å². The molecule has 0 aromatic heterocycles. The van der Waals surface area contributed by atoms with E-state index in [1.165, 1.54) is 26.1 Å². The summed E-state index contributed by atoms with van der Waals surface area (Å²) >= 11 is 0. The minimum absolute atomic E-state index is 0.0239. The lowest BCUT2D eigenvalue weighted by Gasteiger charge is -2.09. The van der Waals surface area contributed by atoms with Crippen LogP contribution in [-0.2, 0) is 10.0 Å². The third kappa shape index (κ3) is 2.05. The van der Waals surface area contributed by atoms with E-state index in [0.717, 1.165) is 0 Å². The fourth-order valence-electron chi connectivity index (χ4n) is 1.53. The van der Waals surface area contributed by atoms with Crippen molar-refractivity contribution < 1.29 is 13.3 Å². The molecule has 0 spiro atoms. The van der Waals surface area contributed by atoms with Crippen LogP contribution in [0.2, 0.25) is 0 Å². The molecule has 1 rings (SSSR count). The zero-order valence-corrected chi connectivity index (χ0v) is 9.96. The maximum atomic E-state index is 11.7. The highest BCUT2D eigenvalue weighted by atomic mass is 32.2. The van der Waals surface area contributed by atoms with Crippen LogP contribution < -0.4 is 4.72 Å². The van der Waals surface area contributed by atoms with Gasteiger partial charge in [-0.3, -0.25) is 10.1 Å². The molecule has 88 valence electrons. The number of nitro benzene ring substituents is 1. The van der Waals surface area contributed by atoms with E-state index in [0.29, 0.717) is 5.56 Å². The topological polar surface area (TPSA) is 89.3 Å². The lowest BCUT2D eigenvalue weighted by Crippen LogP contribution is -2.21. The molecule has 1 N–H and O–H groups in total. The Morgan fingerprint density at radius 2 is 1.88 bits per heavy atom. The van der Waals surface area contributed by atoms with Crippen molar-refractivity contribution in [2.45, 2.75) is 18.7 Å². The highest BCUT2D eigenvalue weighted by Crippen LogP contribution is 2.27. The first kappa shape index (κ1) is 12.6. The minimum atomic E-state index is -3.67. The number of nitrogens with one attached hydrogen (secondary N) is 1. The van der Waals surface area contributed by atoms with Crippen LogP contribution in [0.4, 0.5) is 5.69 Å². The van der Waals surface area contributed by atoms with E-state index in [1.807, 2.05) is 0 Å². The zero-order valence-electron chi connectivity index (χ0n) is 9.14. The normalized spacial score (nSPS) is 11.4. The van der Waals surface area contributed by atoms with Gasteiger partial charge in [0.1, 0.15) is 0 Å². The smallest absolute Gasteiger partial charge is 0.258 e. The van der Waals surface area contributed by atoms with Crippen molar-refractivity contribution >= 4 is 15.7 Å². The number of nitro groups is 1. The summed E-state index contributed by atoms with van der Waals surface area (Å²) in [6, 6.07) is 2.73. The Morgan fingerprint density at radius 3 is 2.31 bits per heavy atom. The molecule has 0 bridgehead atoms. The van der Waals surface area contributed by atoms with Gasteiger partial charge in [0.2, 0.25) is 10.0 Å². The van der Waals surface area contributed by atoms with Crippen molar-refractivity contribution in [3.8, 4) is 0 Å². The third-order valence-electron chi connectivity index (χ3n) is 2.31. The van der Waals surface area contributed by atoms with Crippen LogP contribution >= 0.6 is 0 Å². The lowest BCUT2D eigenvalue weighted by molar-refractivity contribution is -0.385. The molecule has 0 saturated carbocycles. The second kappa shape index (κ2) is 4.18. The number of hydrogen-bond donors (Lipinski definition) is 1. The molecule has 0 aliphatic carbocycles. The molecule has 0 aliphatic heterocycles. The summed E-state index contributed by atoms with van der Waals surface area (Å²) in [6.07, 6.45) is 0. The summed E-state index contributed by atoms with van der Waals surface area (Å²) < 4.78 is 25.5. The van der Waals surface area contributed by atoms with E-state index in [1.54, 1.807) is 6.92 Å². The monoisotopic (exact) mass is 244 g/mol. The van der Waals surface area contributed by atoms with E-state index in [9.17, 15) is 18.5 Å². The Balaban J connectivity index is 3.63. The first-order chi connectivity index (χ1) is 7.31. The van der Waals surface area contributed by atoms with Gasteiger partial charge in [-0.15, -0.1) is 0 Å². The Hall–Kier alpha value is -1.47. The van der Waals surface area contributed by atoms with Crippen LogP contribution in [0.5, 0.6) is 0 Å². The molecule has 1 aromatic carbocycles.